The summed E-state index contributed by atoms with van der Waals surface area (Å²) in [7, 11) is 0. The molecule has 47 heavy (non-hydrogen) atoms. The van der Waals surface area contributed by atoms with Gasteiger partial charge < -0.3 is 9.80 Å². The first-order valence-electron chi connectivity index (χ1n) is 17.0. The van der Waals surface area contributed by atoms with Crippen molar-refractivity contribution in [1.29, 1.82) is 0 Å². The van der Waals surface area contributed by atoms with Crippen molar-refractivity contribution in [1.82, 2.24) is 0 Å². The van der Waals surface area contributed by atoms with Crippen molar-refractivity contribution in [2.24, 2.45) is 5.92 Å². The maximum absolute atomic E-state index is 2.72. The van der Waals surface area contributed by atoms with Gasteiger partial charge >= 0.3 is 0 Å². The molecule has 0 aromatic heterocycles. The lowest BCUT2D eigenvalue weighted by atomic mass is 9.68. The summed E-state index contributed by atoms with van der Waals surface area (Å²) in [4.78, 5) is 5.10. The van der Waals surface area contributed by atoms with Crippen molar-refractivity contribution < 1.29 is 0 Å². The predicted molar refractivity (Wildman–Crippen MR) is 199 cm³/mol. The van der Waals surface area contributed by atoms with E-state index in [1.165, 1.54) is 44.8 Å². The first kappa shape index (κ1) is 29.3. The van der Waals surface area contributed by atoms with E-state index in [2.05, 4.69) is 195 Å². The number of fused-ring (bicyclic) bond motifs is 4. The molecule has 5 aromatic rings. The molecule has 3 unspecified atom stereocenters. The topological polar surface area (TPSA) is 6.48 Å². The second kappa shape index (κ2) is 11.3. The minimum Gasteiger partial charge on any atom is -0.355 e. The van der Waals surface area contributed by atoms with Crippen LogP contribution in [0.5, 0.6) is 0 Å². The van der Waals surface area contributed by atoms with Crippen LogP contribution in [0.2, 0.25) is 0 Å². The van der Waals surface area contributed by atoms with E-state index in [-0.39, 0.29) is 17.0 Å². The molecule has 5 aromatic carbocycles. The van der Waals surface area contributed by atoms with Gasteiger partial charge in [0.05, 0.1) is 11.6 Å². The van der Waals surface area contributed by atoms with Crippen molar-refractivity contribution in [2.75, 3.05) is 9.80 Å². The van der Waals surface area contributed by atoms with Crippen LogP contribution in [-0.2, 0) is 11.0 Å². The number of rotatable bonds is 6. The number of allylic oxidation sites excluding steroid dienone is 2. The first-order chi connectivity index (χ1) is 22.9. The van der Waals surface area contributed by atoms with Crippen LogP contribution in [0.15, 0.2) is 163 Å². The van der Waals surface area contributed by atoms with Gasteiger partial charge in [0.2, 0.25) is 0 Å². The van der Waals surface area contributed by atoms with Crippen molar-refractivity contribution in [2.45, 2.75) is 51.1 Å². The molecule has 3 atom stereocenters. The minimum absolute atomic E-state index is 0.148. The molecule has 8 rings (SSSR count). The summed E-state index contributed by atoms with van der Waals surface area (Å²) in [5, 5.41) is 0. The molecule has 0 aliphatic heterocycles. The van der Waals surface area contributed by atoms with Gasteiger partial charge in [0.25, 0.3) is 0 Å². The van der Waals surface area contributed by atoms with Gasteiger partial charge in [-0.3, -0.25) is 0 Å². The maximum atomic E-state index is 2.72. The third kappa shape index (κ3) is 4.69. The molecule has 0 fully saturated rings. The van der Waals surface area contributed by atoms with E-state index >= 15 is 0 Å². The quantitative estimate of drug-likeness (QED) is 0.189. The molecule has 0 N–H and O–H groups in total. The molecular formula is C45H42N2. The Bertz CT molecular complexity index is 1980. The number of hydrogen-bond donors (Lipinski definition) is 0. The molecule has 2 nitrogen and oxygen atoms in total. The summed E-state index contributed by atoms with van der Waals surface area (Å²) in [6.07, 6.45) is 10.1. The fourth-order valence-electron chi connectivity index (χ4n) is 8.49. The Morgan fingerprint density at radius 1 is 0.553 bits per heavy atom. The molecule has 0 saturated heterocycles. The Hall–Kier alpha value is -5.08. The van der Waals surface area contributed by atoms with Gasteiger partial charge in [0.1, 0.15) is 0 Å². The molecule has 0 heterocycles. The van der Waals surface area contributed by atoms with Gasteiger partial charge in [-0.2, -0.15) is 0 Å². The molecule has 0 bridgehead atoms. The lowest BCUT2D eigenvalue weighted by Gasteiger charge is -2.52. The monoisotopic (exact) mass is 610 g/mol. The lowest BCUT2D eigenvalue weighted by molar-refractivity contribution is 0.361. The van der Waals surface area contributed by atoms with E-state index in [0.717, 1.165) is 17.8 Å². The SMILES string of the molecule is CC1C=CC=CC1N(c1ccccc1)C1(C)CC2=C(c3ccc(N(c4ccccc4)c4ccccc4)cc3C2(C)C)c2ccccc21. The Balaban J connectivity index is 1.29. The minimum atomic E-state index is -0.256. The van der Waals surface area contributed by atoms with Crippen LogP contribution in [0.25, 0.3) is 5.57 Å². The van der Waals surface area contributed by atoms with E-state index in [4.69, 9.17) is 0 Å². The van der Waals surface area contributed by atoms with E-state index in [0.29, 0.717) is 5.92 Å². The highest BCUT2D eigenvalue weighted by Crippen LogP contribution is 2.59. The molecule has 0 saturated carbocycles. The largest absolute Gasteiger partial charge is 0.355 e. The number of anilines is 4. The highest BCUT2D eigenvalue weighted by Gasteiger charge is 2.50. The second-order valence-electron chi connectivity index (χ2n) is 14.0. The Morgan fingerprint density at radius 3 is 1.74 bits per heavy atom. The number of benzene rings is 5. The van der Waals surface area contributed by atoms with E-state index in [1.807, 2.05) is 0 Å². The summed E-state index contributed by atoms with van der Waals surface area (Å²) >= 11 is 0. The average molecular weight is 611 g/mol. The smallest absolute Gasteiger partial charge is 0.0675 e. The van der Waals surface area contributed by atoms with Crippen LogP contribution in [-0.4, -0.2) is 6.04 Å². The lowest BCUT2D eigenvalue weighted by Crippen LogP contribution is -2.53. The molecule has 2 heteroatoms. The molecule has 232 valence electrons. The van der Waals surface area contributed by atoms with Crippen molar-refractivity contribution in [3.8, 4) is 0 Å². The van der Waals surface area contributed by atoms with Gasteiger partial charge in [0, 0.05) is 28.2 Å². The van der Waals surface area contributed by atoms with Crippen LogP contribution in [0.1, 0.15) is 56.4 Å². The second-order valence-corrected chi connectivity index (χ2v) is 14.0. The van der Waals surface area contributed by atoms with Crippen LogP contribution < -0.4 is 9.80 Å². The standard InChI is InChI=1S/C45H42N2/c1-32-18-14-17-27-42(32)47(35-23-12-7-13-24-35)45(4)31-41-43(37-25-15-16-26-39(37)45)38-29-28-36(30-40(38)44(41,2)3)46(33-19-8-5-9-20-33)34-21-10-6-11-22-34/h5-30,32,42H,31H2,1-4H3. The van der Waals surface area contributed by atoms with Crippen LogP contribution >= 0.6 is 0 Å². The van der Waals surface area contributed by atoms with E-state index in [9.17, 15) is 0 Å². The van der Waals surface area contributed by atoms with Crippen LogP contribution in [0.4, 0.5) is 22.7 Å². The zero-order valence-corrected chi connectivity index (χ0v) is 27.8. The molecule has 3 aliphatic rings. The highest BCUT2D eigenvalue weighted by molar-refractivity contribution is 5.94. The van der Waals surface area contributed by atoms with Crippen molar-refractivity contribution in [3.05, 3.63) is 186 Å². The fourth-order valence-corrected chi connectivity index (χ4v) is 8.49. The summed E-state index contributed by atoms with van der Waals surface area (Å²) in [5.74, 6) is 0.387. The Morgan fingerprint density at radius 2 is 1.11 bits per heavy atom. The van der Waals surface area contributed by atoms with Crippen molar-refractivity contribution in [3.63, 3.8) is 0 Å². The van der Waals surface area contributed by atoms with Gasteiger partial charge in [-0.25, -0.2) is 0 Å². The van der Waals surface area contributed by atoms with Gasteiger partial charge in [0.15, 0.2) is 0 Å². The molecule has 0 radical (unpaired) electrons. The zero-order chi connectivity index (χ0) is 32.2. The first-order valence-corrected chi connectivity index (χ1v) is 17.0. The molecule has 0 amide bonds. The average Bonchev–Trinajstić information content (AvgIpc) is 3.32. The summed E-state index contributed by atoms with van der Waals surface area (Å²) in [6, 6.07) is 49.1. The predicted octanol–water partition coefficient (Wildman–Crippen LogP) is 11.5. The summed E-state index contributed by atoms with van der Waals surface area (Å²) in [6.45, 7) is 9.73. The normalized spacial score (nSPS) is 22.0. The Kier molecular flexibility index (Phi) is 7.06. The maximum Gasteiger partial charge on any atom is 0.0675 e. The number of para-hydroxylation sites is 3. The van der Waals surface area contributed by atoms with Gasteiger partial charge in [-0.15, -0.1) is 0 Å². The van der Waals surface area contributed by atoms with Crippen LogP contribution in [0.3, 0.4) is 0 Å². The fraction of sp³-hybridized carbons (Fsp3) is 0.200. The number of hydrogen-bond acceptors (Lipinski definition) is 2. The number of nitrogens with zero attached hydrogens (tertiary/aromatic N) is 2. The Labute approximate surface area is 280 Å². The highest BCUT2D eigenvalue weighted by atomic mass is 15.2. The third-order valence-corrected chi connectivity index (χ3v) is 10.8. The zero-order valence-electron chi connectivity index (χ0n) is 27.8. The molecule has 3 aliphatic carbocycles. The van der Waals surface area contributed by atoms with E-state index < -0.39 is 0 Å². The summed E-state index contributed by atoms with van der Waals surface area (Å²) in [5.41, 5.74) is 12.9. The van der Waals surface area contributed by atoms with E-state index in [1.54, 1.807) is 0 Å². The van der Waals surface area contributed by atoms with Crippen LogP contribution in [0, 0.1) is 5.92 Å². The molecule has 0 spiro atoms. The van der Waals surface area contributed by atoms with Gasteiger partial charge in [-0.1, -0.05) is 130 Å². The third-order valence-electron chi connectivity index (χ3n) is 10.8. The van der Waals surface area contributed by atoms with Crippen molar-refractivity contribution >= 4 is 28.3 Å². The summed E-state index contributed by atoms with van der Waals surface area (Å²) < 4.78 is 0. The molecular weight excluding hydrogens is 569 g/mol. The van der Waals surface area contributed by atoms with Gasteiger partial charge in [-0.05, 0) is 101 Å².